The quantitative estimate of drug-likeness (QED) is 0.613. The fraction of sp³-hybridized carbons (Fsp3) is 0.667. The van der Waals surface area contributed by atoms with Gasteiger partial charge < -0.3 is 11.1 Å². The Balaban J connectivity index is 2.53. The minimum atomic E-state index is -3.00. The standard InChI is InChI=1S/C6H13N5O2S/c1-4(3-14(2,12)13)8-6-9-5(7)10-11-6/h4H,3H2,1-2H3,(H4,7,8,9,10,11). The van der Waals surface area contributed by atoms with E-state index in [0.717, 1.165) is 0 Å². The van der Waals surface area contributed by atoms with Crippen molar-refractivity contribution in [2.75, 3.05) is 23.1 Å². The van der Waals surface area contributed by atoms with E-state index in [-0.39, 0.29) is 17.7 Å². The van der Waals surface area contributed by atoms with E-state index >= 15 is 0 Å². The number of sulfone groups is 1. The van der Waals surface area contributed by atoms with Crippen LogP contribution in [0, 0.1) is 0 Å². The van der Waals surface area contributed by atoms with Crippen LogP contribution >= 0.6 is 0 Å². The number of nitrogens with two attached hydrogens (primary N) is 1. The van der Waals surface area contributed by atoms with Gasteiger partial charge in [-0.2, -0.15) is 4.98 Å². The topological polar surface area (TPSA) is 114 Å². The first-order chi connectivity index (χ1) is 6.37. The molecule has 0 saturated carbocycles. The molecule has 0 bridgehead atoms. The third kappa shape index (κ3) is 3.60. The summed E-state index contributed by atoms with van der Waals surface area (Å²) in [5.74, 6) is 0.527. The Morgan fingerprint density at radius 2 is 2.29 bits per heavy atom. The SMILES string of the molecule is CC(CS(C)(=O)=O)Nc1n[nH]c(N)n1. The van der Waals surface area contributed by atoms with Gasteiger partial charge >= 0.3 is 0 Å². The molecule has 1 rings (SSSR count). The molecule has 80 valence electrons. The van der Waals surface area contributed by atoms with Crippen LogP contribution < -0.4 is 11.1 Å². The van der Waals surface area contributed by atoms with E-state index in [1.165, 1.54) is 6.26 Å². The third-order valence-corrected chi connectivity index (χ3v) is 2.54. The molecule has 1 unspecified atom stereocenters. The zero-order valence-corrected chi connectivity index (χ0v) is 8.80. The van der Waals surface area contributed by atoms with Gasteiger partial charge in [0.05, 0.1) is 5.75 Å². The highest BCUT2D eigenvalue weighted by Gasteiger charge is 2.11. The molecule has 0 aliphatic rings. The van der Waals surface area contributed by atoms with Crippen LogP contribution in [-0.2, 0) is 9.84 Å². The summed E-state index contributed by atoms with van der Waals surface area (Å²) in [6.07, 6.45) is 1.18. The number of H-pyrrole nitrogens is 1. The largest absolute Gasteiger partial charge is 0.368 e. The molecule has 0 radical (unpaired) electrons. The molecule has 0 aliphatic carbocycles. The Bertz CT molecular complexity index is 398. The molecule has 1 aromatic heterocycles. The zero-order valence-electron chi connectivity index (χ0n) is 7.98. The van der Waals surface area contributed by atoms with Gasteiger partial charge in [0.25, 0.3) is 0 Å². The predicted octanol–water partition coefficient (Wildman–Crippen LogP) is -0.768. The van der Waals surface area contributed by atoms with Crippen molar-refractivity contribution in [3.63, 3.8) is 0 Å². The monoisotopic (exact) mass is 219 g/mol. The molecule has 7 nitrogen and oxygen atoms in total. The van der Waals surface area contributed by atoms with Crippen molar-refractivity contribution in [2.24, 2.45) is 0 Å². The van der Waals surface area contributed by atoms with Crippen LogP contribution in [0.5, 0.6) is 0 Å². The first-order valence-electron chi connectivity index (χ1n) is 3.99. The van der Waals surface area contributed by atoms with Gasteiger partial charge in [-0.25, -0.2) is 13.5 Å². The van der Waals surface area contributed by atoms with Crippen LogP contribution in [-0.4, -0.2) is 41.6 Å². The number of nitrogen functional groups attached to an aromatic ring is 1. The second kappa shape index (κ2) is 3.82. The lowest BCUT2D eigenvalue weighted by atomic mass is 10.4. The maximum absolute atomic E-state index is 10.9. The summed E-state index contributed by atoms with van der Waals surface area (Å²) in [5.41, 5.74) is 5.29. The highest BCUT2D eigenvalue weighted by Crippen LogP contribution is 2.02. The first-order valence-corrected chi connectivity index (χ1v) is 6.05. The number of nitrogens with one attached hydrogen (secondary N) is 2. The normalized spacial score (nSPS) is 13.9. The van der Waals surface area contributed by atoms with Crippen LogP contribution in [0.3, 0.4) is 0 Å². The highest BCUT2D eigenvalue weighted by atomic mass is 32.2. The summed E-state index contributed by atoms with van der Waals surface area (Å²) >= 11 is 0. The molecule has 1 aromatic rings. The van der Waals surface area contributed by atoms with Gasteiger partial charge in [-0.15, -0.1) is 5.10 Å². The van der Waals surface area contributed by atoms with E-state index in [1.54, 1.807) is 6.92 Å². The molecule has 1 atom stereocenters. The highest BCUT2D eigenvalue weighted by molar-refractivity contribution is 7.90. The number of rotatable bonds is 4. The Morgan fingerprint density at radius 1 is 1.64 bits per heavy atom. The molecule has 0 amide bonds. The van der Waals surface area contributed by atoms with E-state index in [1.807, 2.05) is 0 Å². The van der Waals surface area contributed by atoms with Crippen molar-refractivity contribution < 1.29 is 8.42 Å². The number of hydrogen-bond acceptors (Lipinski definition) is 6. The molecule has 0 fully saturated rings. The van der Waals surface area contributed by atoms with Gasteiger partial charge in [0.2, 0.25) is 11.9 Å². The van der Waals surface area contributed by atoms with Crippen molar-refractivity contribution in [2.45, 2.75) is 13.0 Å². The second-order valence-corrected chi connectivity index (χ2v) is 5.37. The van der Waals surface area contributed by atoms with E-state index in [9.17, 15) is 8.42 Å². The number of aromatic nitrogens is 3. The third-order valence-electron chi connectivity index (χ3n) is 1.43. The molecular weight excluding hydrogens is 206 g/mol. The molecule has 14 heavy (non-hydrogen) atoms. The molecule has 0 aliphatic heterocycles. The van der Waals surface area contributed by atoms with Crippen LogP contribution in [0.4, 0.5) is 11.9 Å². The van der Waals surface area contributed by atoms with Gasteiger partial charge in [0, 0.05) is 12.3 Å². The summed E-state index contributed by atoms with van der Waals surface area (Å²) in [7, 11) is -3.00. The second-order valence-electron chi connectivity index (χ2n) is 3.18. The molecule has 8 heteroatoms. The zero-order chi connectivity index (χ0) is 10.8. The van der Waals surface area contributed by atoms with Crippen molar-refractivity contribution >= 4 is 21.7 Å². The van der Waals surface area contributed by atoms with Crippen LogP contribution in [0.15, 0.2) is 0 Å². The predicted molar refractivity (Wildman–Crippen MR) is 53.6 cm³/mol. The molecule has 0 aromatic carbocycles. The summed E-state index contributed by atoms with van der Waals surface area (Å²) in [4.78, 5) is 3.79. The first kappa shape index (κ1) is 10.8. The Hall–Kier alpha value is -1.31. The number of aromatic amines is 1. The minimum absolute atomic E-state index is 0.0292. The van der Waals surface area contributed by atoms with Crippen molar-refractivity contribution in [3.05, 3.63) is 0 Å². The van der Waals surface area contributed by atoms with Crippen molar-refractivity contribution in [1.82, 2.24) is 15.2 Å². The van der Waals surface area contributed by atoms with E-state index in [0.29, 0.717) is 5.95 Å². The van der Waals surface area contributed by atoms with Crippen LogP contribution in [0.1, 0.15) is 6.92 Å². The van der Waals surface area contributed by atoms with E-state index in [4.69, 9.17) is 5.73 Å². The number of hydrogen-bond donors (Lipinski definition) is 3. The molecular formula is C6H13N5O2S. The minimum Gasteiger partial charge on any atom is -0.368 e. The molecule has 0 spiro atoms. The fourth-order valence-corrected chi connectivity index (χ4v) is 2.05. The summed E-state index contributed by atoms with van der Waals surface area (Å²) < 4.78 is 21.8. The van der Waals surface area contributed by atoms with Crippen LogP contribution in [0.2, 0.25) is 0 Å². The van der Waals surface area contributed by atoms with Gasteiger partial charge in [-0.3, -0.25) is 0 Å². The smallest absolute Gasteiger partial charge is 0.243 e. The van der Waals surface area contributed by atoms with Gasteiger partial charge in [-0.05, 0) is 6.92 Å². The van der Waals surface area contributed by atoms with E-state index in [2.05, 4.69) is 20.5 Å². The Labute approximate surface area is 82.0 Å². The Kier molecular flexibility index (Phi) is 2.94. The lowest BCUT2D eigenvalue weighted by Gasteiger charge is -2.09. The Morgan fingerprint density at radius 3 is 2.71 bits per heavy atom. The summed E-state index contributed by atoms with van der Waals surface area (Å²) in [5, 5.41) is 8.97. The average Bonchev–Trinajstić information content (AvgIpc) is 2.30. The van der Waals surface area contributed by atoms with Gasteiger partial charge in [0.1, 0.15) is 9.84 Å². The van der Waals surface area contributed by atoms with Gasteiger partial charge in [-0.1, -0.05) is 0 Å². The number of nitrogens with zero attached hydrogens (tertiary/aromatic N) is 2. The van der Waals surface area contributed by atoms with Gasteiger partial charge in [0.15, 0.2) is 0 Å². The molecule has 4 N–H and O–H groups in total. The van der Waals surface area contributed by atoms with Crippen LogP contribution in [0.25, 0.3) is 0 Å². The number of anilines is 2. The fourth-order valence-electron chi connectivity index (χ4n) is 1.06. The van der Waals surface area contributed by atoms with E-state index < -0.39 is 9.84 Å². The lowest BCUT2D eigenvalue weighted by Crippen LogP contribution is -2.25. The maximum Gasteiger partial charge on any atom is 0.243 e. The van der Waals surface area contributed by atoms with Crippen molar-refractivity contribution in [1.29, 1.82) is 0 Å². The summed E-state index contributed by atoms with van der Waals surface area (Å²) in [6, 6.07) is -0.250. The average molecular weight is 219 g/mol. The molecule has 1 heterocycles. The summed E-state index contributed by atoms with van der Waals surface area (Å²) in [6.45, 7) is 1.73. The van der Waals surface area contributed by atoms with Crippen molar-refractivity contribution in [3.8, 4) is 0 Å². The lowest BCUT2D eigenvalue weighted by molar-refractivity contribution is 0.597. The molecule has 0 saturated heterocycles. The maximum atomic E-state index is 10.9.